The summed E-state index contributed by atoms with van der Waals surface area (Å²) in [7, 11) is 0. The smallest absolute Gasteiger partial charge is 0.253 e. The molecule has 49 heavy (non-hydrogen) atoms. The Morgan fingerprint density at radius 1 is 0.653 bits per heavy atom. The van der Waals surface area contributed by atoms with Crippen LogP contribution in [0.1, 0.15) is 58.2 Å². The van der Waals surface area contributed by atoms with Gasteiger partial charge in [-0.2, -0.15) is 0 Å². The molecule has 6 heterocycles. The molecule has 0 spiro atoms. The van der Waals surface area contributed by atoms with E-state index in [1.54, 1.807) is 15.4 Å². The van der Waals surface area contributed by atoms with Crippen molar-refractivity contribution in [1.82, 2.24) is 30.0 Å². The van der Waals surface area contributed by atoms with Crippen molar-refractivity contribution in [1.29, 1.82) is 0 Å². The molecule has 0 fully saturated rings. The first-order chi connectivity index (χ1) is 25.1. The first kappa shape index (κ1) is 23.8. The number of para-hydroxylation sites is 2. The van der Waals surface area contributed by atoms with Crippen LogP contribution in [0.4, 0.5) is 0 Å². The first-order valence-electron chi connectivity index (χ1n) is 18.7. The third kappa shape index (κ3) is 3.54. The summed E-state index contributed by atoms with van der Waals surface area (Å²) in [4.78, 5) is 0. The molecular formula is C40H33BN6O2. The van der Waals surface area contributed by atoms with E-state index < -0.39 is 30.3 Å². The van der Waals surface area contributed by atoms with E-state index in [1.165, 1.54) is 0 Å². The summed E-state index contributed by atoms with van der Waals surface area (Å²) >= 11 is 0. The molecule has 0 N–H and O–H groups in total. The van der Waals surface area contributed by atoms with E-state index in [-0.39, 0.29) is 0 Å². The van der Waals surface area contributed by atoms with Gasteiger partial charge in [0.05, 0.1) is 27.8 Å². The Balaban J connectivity index is 1.44. The molecule has 0 atom stereocenters. The van der Waals surface area contributed by atoms with Crippen molar-refractivity contribution in [3.8, 4) is 11.4 Å². The van der Waals surface area contributed by atoms with E-state index in [0.29, 0.717) is 50.2 Å². The van der Waals surface area contributed by atoms with Crippen LogP contribution in [0, 0.1) is 10.8 Å². The molecule has 0 bridgehead atoms. The molecule has 0 radical (unpaired) electrons. The highest BCUT2D eigenvalue weighted by molar-refractivity contribution is 7.01. The number of aromatic nitrogens is 6. The van der Waals surface area contributed by atoms with Crippen LogP contribution in [-0.2, 0) is 12.7 Å². The largest absolute Gasteiger partial charge is 0.456 e. The fourth-order valence-corrected chi connectivity index (χ4v) is 8.34. The number of fused-ring (bicyclic) bond motifs is 12. The minimum absolute atomic E-state index is 0.343. The molecule has 5 aromatic carbocycles. The van der Waals surface area contributed by atoms with Crippen molar-refractivity contribution in [2.24, 2.45) is 10.8 Å². The third-order valence-electron chi connectivity index (χ3n) is 9.84. The van der Waals surface area contributed by atoms with Gasteiger partial charge in [0.2, 0.25) is 0 Å². The lowest BCUT2D eigenvalue weighted by Crippen LogP contribution is -2.60. The van der Waals surface area contributed by atoms with Crippen LogP contribution < -0.4 is 16.4 Å². The summed E-state index contributed by atoms with van der Waals surface area (Å²) in [6, 6.07) is 21.6. The van der Waals surface area contributed by atoms with Gasteiger partial charge in [0.1, 0.15) is 33.4 Å². The normalized spacial score (nSPS) is 15.8. The Hall–Kier alpha value is -5.44. The summed E-state index contributed by atoms with van der Waals surface area (Å²) in [5, 5.41) is 22.7. The van der Waals surface area contributed by atoms with Crippen LogP contribution in [-0.4, -0.2) is 36.7 Å². The van der Waals surface area contributed by atoms with Crippen LogP contribution in [0.25, 0.3) is 77.3 Å². The monoisotopic (exact) mass is 644 g/mol. The molecule has 0 unspecified atom stereocenters. The van der Waals surface area contributed by atoms with Gasteiger partial charge < -0.3 is 8.83 Å². The fraction of sp³-hybridized carbons (Fsp3) is 0.250. The van der Waals surface area contributed by atoms with Crippen LogP contribution >= 0.6 is 0 Å². The second-order valence-corrected chi connectivity index (χ2v) is 15.5. The minimum atomic E-state index is -1.95. The second-order valence-electron chi connectivity index (χ2n) is 15.5. The molecule has 9 heteroatoms. The number of benzene rings is 5. The topological polar surface area (TPSA) is 87.7 Å². The van der Waals surface area contributed by atoms with Crippen LogP contribution in [0.3, 0.4) is 0 Å². The zero-order valence-electron chi connectivity index (χ0n) is 31.9. The highest BCUT2D eigenvalue weighted by Crippen LogP contribution is 2.41. The maximum Gasteiger partial charge on any atom is 0.253 e. The predicted molar refractivity (Wildman–Crippen MR) is 197 cm³/mol. The Bertz CT molecular complexity index is 3120. The number of nitrogens with zero attached hydrogens (tertiary/aromatic N) is 6. The lowest BCUT2D eigenvalue weighted by molar-refractivity contribution is 0.404. The van der Waals surface area contributed by atoms with Crippen molar-refractivity contribution in [3.05, 3.63) is 77.9 Å². The minimum Gasteiger partial charge on any atom is -0.456 e. The molecule has 0 saturated carbocycles. The van der Waals surface area contributed by atoms with Crippen molar-refractivity contribution in [2.75, 3.05) is 0 Å². The Labute approximate surface area is 287 Å². The van der Waals surface area contributed by atoms with Gasteiger partial charge in [0.25, 0.3) is 6.71 Å². The van der Waals surface area contributed by atoms with Gasteiger partial charge in [0, 0.05) is 27.7 Å². The summed E-state index contributed by atoms with van der Waals surface area (Å²) in [5.41, 5.74) is 8.05. The van der Waals surface area contributed by atoms with Crippen molar-refractivity contribution >= 4 is 89.0 Å². The molecule has 0 saturated heterocycles. The van der Waals surface area contributed by atoms with Crippen LogP contribution in [0.2, 0.25) is 0 Å². The van der Waals surface area contributed by atoms with Gasteiger partial charge in [-0.05, 0) is 69.3 Å². The SMILES string of the molecule is [2H]C([2H])(c1cc(C([2H])([2H])C(C)(C)C)c2c3c1-n1nnc4cc5oc6ccccc6c5c(c41)B3c1cc3oc4ccccc4c3c3nnn-2c13)C(C)(C)C. The number of furan rings is 2. The van der Waals surface area contributed by atoms with Gasteiger partial charge in [-0.25, -0.2) is 9.36 Å². The zero-order valence-corrected chi connectivity index (χ0v) is 27.9. The molecule has 2 aliphatic rings. The third-order valence-corrected chi connectivity index (χ3v) is 9.84. The van der Waals surface area contributed by atoms with Crippen LogP contribution in [0.5, 0.6) is 0 Å². The number of rotatable bonds is 2. The van der Waals surface area contributed by atoms with Gasteiger partial charge in [0.15, 0.2) is 0 Å². The molecule has 11 rings (SSSR count). The number of hydrogen-bond donors (Lipinski definition) is 0. The van der Waals surface area contributed by atoms with E-state index in [0.717, 1.165) is 54.7 Å². The average Bonchev–Trinajstić information content (AvgIpc) is 3.89. The van der Waals surface area contributed by atoms with Crippen molar-refractivity contribution in [3.63, 3.8) is 0 Å². The van der Waals surface area contributed by atoms with E-state index in [1.807, 2.05) is 90.1 Å². The van der Waals surface area contributed by atoms with Gasteiger partial charge in [-0.1, -0.05) is 94.4 Å². The van der Waals surface area contributed by atoms with Gasteiger partial charge in [-0.3, -0.25) is 0 Å². The number of hydrogen-bond acceptors (Lipinski definition) is 6. The Kier molecular flexibility index (Phi) is 4.26. The van der Waals surface area contributed by atoms with Gasteiger partial charge in [-0.15, -0.1) is 10.2 Å². The average molecular weight is 645 g/mol. The molecular weight excluding hydrogens is 607 g/mol. The quantitative estimate of drug-likeness (QED) is 0.184. The fourth-order valence-electron chi connectivity index (χ4n) is 8.34. The van der Waals surface area contributed by atoms with Crippen LogP contribution in [0.15, 0.2) is 75.6 Å². The molecule has 8 nitrogen and oxygen atoms in total. The summed E-state index contributed by atoms with van der Waals surface area (Å²) in [6.07, 6.45) is -3.88. The summed E-state index contributed by atoms with van der Waals surface area (Å²) < 4.78 is 55.8. The highest BCUT2D eigenvalue weighted by Gasteiger charge is 2.45. The molecule has 2 aliphatic heterocycles. The Morgan fingerprint density at radius 3 is 1.88 bits per heavy atom. The van der Waals surface area contributed by atoms with E-state index >= 15 is 0 Å². The molecule has 238 valence electrons. The molecule has 4 aromatic heterocycles. The van der Waals surface area contributed by atoms with E-state index in [4.69, 9.17) is 29.5 Å². The van der Waals surface area contributed by atoms with E-state index in [9.17, 15) is 5.48 Å². The lowest BCUT2D eigenvalue weighted by atomic mass is 9.33. The highest BCUT2D eigenvalue weighted by atomic mass is 16.3. The molecule has 9 aromatic rings. The molecule has 0 aliphatic carbocycles. The Morgan fingerprint density at radius 2 is 1.22 bits per heavy atom. The zero-order chi connectivity index (χ0) is 36.7. The summed E-state index contributed by atoms with van der Waals surface area (Å²) in [5.74, 6) is 0. The van der Waals surface area contributed by atoms with Crippen molar-refractivity contribution < 1.29 is 14.3 Å². The lowest BCUT2D eigenvalue weighted by Gasteiger charge is -2.35. The van der Waals surface area contributed by atoms with Crippen molar-refractivity contribution in [2.45, 2.75) is 54.3 Å². The first-order valence-corrected chi connectivity index (χ1v) is 16.7. The van der Waals surface area contributed by atoms with Gasteiger partial charge >= 0.3 is 0 Å². The molecule has 0 amide bonds. The maximum atomic E-state index is 9.83. The standard InChI is InChI=1S/C40H33BN6O2/c1-39(2,3)18-20-15-21(19-40(4,5)6)36-33-35(20)46-37-24(16-28-31(34(37)43-45-46)23-12-8-10-14-27(23)48-28)41(33)32-30-22-11-7-9-13-26(22)49-29(30)17-25-38(32)47(36)44-42-25/h7-17H,18-19H2,1-6H3/i18D2,19D2. The predicted octanol–water partition coefficient (Wildman–Crippen LogP) is 7.27. The van der Waals surface area contributed by atoms with E-state index in [2.05, 4.69) is 12.1 Å². The second kappa shape index (κ2) is 8.77. The summed E-state index contributed by atoms with van der Waals surface area (Å²) in [6.45, 7) is 10.7. The maximum absolute atomic E-state index is 9.83.